The Hall–Kier alpha value is -2.22. The number of aryl methyl sites for hydroxylation is 1. The van der Waals surface area contributed by atoms with E-state index in [1.165, 1.54) is 32.3 Å². The molecule has 1 heterocycles. The van der Waals surface area contributed by atoms with Crippen LogP contribution in [0.5, 0.6) is 0 Å². The van der Waals surface area contributed by atoms with Gasteiger partial charge in [0.1, 0.15) is 16.4 Å². The van der Waals surface area contributed by atoms with Gasteiger partial charge in [0.15, 0.2) is 5.82 Å². The standard InChI is InChI=1S/C13H13F2N3O2S/c1-8-3-4-9(14)13(12(8)15)18-21(19,20)11-7-17-6-5-10(11)16-2/h3-7,18H,1-2H3,(H,16,17). The van der Waals surface area contributed by atoms with E-state index in [0.29, 0.717) is 0 Å². The summed E-state index contributed by atoms with van der Waals surface area (Å²) in [5.74, 6) is -1.94. The van der Waals surface area contributed by atoms with Crippen molar-refractivity contribution in [1.82, 2.24) is 4.98 Å². The fraction of sp³-hybridized carbons (Fsp3) is 0.154. The van der Waals surface area contributed by atoms with Crippen LogP contribution in [-0.4, -0.2) is 20.4 Å². The summed E-state index contributed by atoms with van der Waals surface area (Å²) in [5, 5.41) is 2.68. The average Bonchev–Trinajstić information content (AvgIpc) is 2.47. The Morgan fingerprint density at radius 2 is 1.90 bits per heavy atom. The lowest BCUT2D eigenvalue weighted by Crippen LogP contribution is -2.17. The van der Waals surface area contributed by atoms with E-state index in [1.807, 2.05) is 4.72 Å². The Balaban J connectivity index is 2.50. The summed E-state index contributed by atoms with van der Waals surface area (Å²) in [7, 11) is -2.64. The third-order valence-electron chi connectivity index (χ3n) is 2.86. The van der Waals surface area contributed by atoms with Gasteiger partial charge in [0.2, 0.25) is 0 Å². The average molecular weight is 313 g/mol. The molecule has 2 N–H and O–H groups in total. The van der Waals surface area contributed by atoms with Crippen molar-refractivity contribution in [2.24, 2.45) is 0 Å². The van der Waals surface area contributed by atoms with Gasteiger partial charge in [-0.3, -0.25) is 9.71 Å². The van der Waals surface area contributed by atoms with Crippen molar-refractivity contribution in [1.29, 1.82) is 0 Å². The Morgan fingerprint density at radius 1 is 1.19 bits per heavy atom. The number of nitrogens with one attached hydrogen (secondary N) is 2. The molecule has 2 rings (SSSR count). The molecule has 0 fully saturated rings. The minimum absolute atomic E-state index is 0.133. The second-order valence-corrected chi connectivity index (χ2v) is 5.93. The lowest BCUT2D eigenvalue weighted by atomic mass is 10.2. The van der Waals surface area contributed by atoms with Gasteiger partial charge in [-0.25, -0.2) is 17.2 Å². The number of hydrogen-bond donors (Lipinski definition) is 2. The zero-order valence-corrected chi connectivity index (χ0v) is 12.1. The van der Waals surface area contributed by atoms with Crippen molar-refractivity contribution in [2.45, 2.75) is 11.8 Å². The van der Waals surface area contributed by atoms with Crippen LogP contribution in [0.3, 0.4) is 0 Å². The number of nitrogens with zero attached hydrogens (tertiary/aromatic N) is 1. The topological polar surface area (TPSA) is 71.1 Å². The van der Waals surface area contributed by atoms with E-state index in [4.69, 9.17) is 0 Å². The number of hydrogen-bond acceptors (Lipinski definition) is 4. The van der Waals surface area contributed by atoms with E-state index < -0.39 is 27.3 Å². The van der Waals surface area contributed by atoms with E-state index in [9.17, 15) is 17.2 Å². The Labute approximate surface area is 121 Å². The number of anilines is 2. The first-order chi connectivity index (χ1) is 9.86. The van der Waals surface area contributed by atoms with Crippen LogP contribution >= 0.6 is 0 Å². The highest BCUT2D eigenvalue weighted by atomic mass is 32.2. The van der Waals surface area contributed by atoms with Crippen molar-refractivity contribution in [3.63, 3.8) is 0 Å². The van der Waals surface area contributed by atoms with Crippen molar-refractivity contribution in [3.05, 3.63) is 47.8 Å². The zero-order valence-electron chi connectivity index (χ0n) is 11.3. The van der Waals surface area contributed by atoms with E-state index >= 15 is 0 Å². The highest BCUT2D eigenvalue weighted by Gasteiger charge is 2.22. The van der Waals surface area contributed by atoms with Gasteiger partial charge in [-0.15, -0.1) is 0 Å². The minimum Gasteiger partial charge on any atom is -0.387 e. The summed E-state index contributed by atoms with van der Waals surface area (Å²) in [6, 6.07) is 3.67. The van der Waals surface area contributed by atoms with Gasteiger partial charge < -0.3 is 5.32 Å². The number of aromatic nitrogens is 1. The lowest BCUT2D eigenvalue weighted by molar-refractivity contribution is 0.578. The Kier molecular flexibility index (Phi) is 4.08. The summed E-state index contributed by atoms with van der Waals surface area (Å²) in [4.78, 5) is 3.52. The van der Waals surface area contributed by atoms with Gasteiger partial charge in [-0.2, -0.15) is 0 Å². The molecule has 0 bridgehead atoms. The Morgan fingerprint density at radius 3 is 2.57 bits per heavy atom. The van der Waals surface area contributed by atoms with Crippen molar-refractivity contribution < 1.29 is 17.2 Å². The van der Waals surface area contributed by atoms with E-state index in [1.54, 1.807) is 0 Å². The van der Waals surface area contributed by atoms with Gasteiger partial charge in [0.25, 0.3) is 10.0 Å². The van der Waals surface area contributed by atoms with Crippen LogP contribution in [0.25, 0.3) is 0 Å². The highest BCUT2D eigenvalue weighted by Crippen LogP contribution is 2.27. The molecule has 1 aromatic heterocycles. The minimum atomic E-state index is -4.17. The number of rotatable bonds is 4. The first-order valence-corrected chi connectivity index (χ1v) is 7.44. The van der Waals surface area contributed by atoms with Crippen LogP contribution in [0.15, 0.2) is 35.5 Å². The maximum atomic E-state index is 13.9. The van der Waals surface area contributed by atoms with Gasteiger partial charge in [0.05, 0.1) is 5.69 Å². The molecule has 0 radical (unpaired) electrons. The summed E-state index contributed by atoms with van der Waals surface area (Å²) in [6.07, 6.45) is 2.50. The van der Waals surface area contributed by atoms with Crippen LogP contribution in [-0.2, 0) is 10.0 Å². The third kappa shape index (κ3) is 2.94. The number of halogens is 2. The van der Waals surface area contributed by atoms with E-state index in [0.717, 1.165) is 12.3 Å². The fourth-order valence-electron chi connectivity index (χ4n) is 1.74. The van der Waals surface area contributed by atoms with Crippen molar-refractivity contribution in [3.8, 4) is 0 Å². The molecule has 0 unspecified atom stereocenters. The molecule has 0 saturated carbocycles. The van der Waals surface area contributed by atoms with Crippen molar-refractivity contribution in [2.75, 3.05) is 17.1 Å². The van der Waals surface area contributed by atoms with Gasteiger partial charge >= 0.3 is 0 Å². The molecular formula is C13H13F2N3O2S. The van der Waals surface area contributed by atoms with E-state index in [-0.39, 0.29) is 16.1 Å². The number of sulfonamides is 1. The van der Waals surface area contributed by atoms with Crippen LogP contribution in [0.2, 0.25) is 0 Å². The SMILES string of the molecule is CNc1ccncc1S(=O)(=O)Nc1c(F)ccc(C)c1F. The first-order valence-electron chi connectivity index (χ1n) is 5.96. The molecule has 0 spiro atoms. The van der Waals surface area contributed by atoms with Crippen LogP contribution < -0.4 is 10.0 Å². The molecule has 0 aliphatic rings. The zero-order chi connectivity index (χ0) is 15.6. The maximum Gasteiger partial charge on any atom is 0.265 e. The fourth-order valence-corrected chi connectivity index (χ4v) is 2.97. The molecule has 0 aliphatic heterocycles. The molecule has 2 aromatic rings. The predicted molar refractivity (Wildman–Crippen MR) is 75.7 cm³/mol. The monoisotopic (exact) mass is 313 g/mol. The van der Waals surface area contributed by atoms with E-state index in [2.05, 4.69) is 10.3 Å². The summed E-state index contributed by atoms with van der Waals surface area (Å²) >= 11 is 0. The molecule has 5 nitrogen and oxygen atoms in total. The molecule has 0 atom stereocenters. The molecule has 112 valence electrons. The second-order valence-electron chi connectivity index (χ2n) is 4.28. The van der Waals surface area contributed by atoms with Gasteiger partial charge in [-0.05, 0) is 24.6 Å². The van der Waals surface area contributed by atoms with Gasteiger partial charge in [0, 0.05) is 19.4 Å². The predicted octanol–water partition coefficient (Wildman–Crippen LogP) is 2.51. The molecule has 21 heavy (non-hydrogen) atoms. The molecule has 0 amide bonds. The summed E-state index contributed by atoms with van der Waals surface area (Å²) < 4.78 is 54.0. The largest absolute Gasteiger partial charge is 0.387 e. The second kappa shape index (κ2) is 5.65. The van der Waals surface area contributed by atoms with Crippen LogP contribution in [0.1, 0.15) is 5.56 Å². The normalized spacial score (nSPS) is 11.2. The molecule has 0 aliphatic carbocycles. The van der Waals surface area contributed by atoms with Crippen LogP contribution in [0.4, 0.5) is 20.2 Å². The summed E-state index contributed by atoms with van der Waals surface area (Å²) in [5.41, 5.74) is -0.305. The maximum absolute atomic E-state index is 13.9. The molecular weight excluding hydrogens is 300 g/mol. The molecule has 0 saturated heterocycles. The smallest absolute Gasteiger partial charge is 0.265 e. The quantitative estimate of drug-likeness (QED) is 0.910. The summed E-state index contributed by atoms with van der Waals surface area (Å²) in [6.45, 7) is 1.41. The number of pyridine rings is 1. The molecule has 8 heteroatoms. The lowest BCUT2D eigenvalue weighted by Gasteiger charge is -2.13. The van der Waals surface area contributed by atoms with Crippen molar-refractivity contribution >= 4 is 21.4 Å². The van der Waals surface area contributed by atoms with Crippen LogP contribution in [0, 0.1) is 18.6 Å². The van der Waals surface area contributed by atoms with Gasteiger partial charge in [-0.1, -0.05) is 6.07 Å². The Bertz CT molecular complexity index is 779. The highest BCUT2D eigenvalue weighted by molar-refractivity contribution is 7.92. The third-order valence-corrected chi connectivity index (χ3v) is 4.24. The molecule has 1 aromatic carbocycles. The number of benzene rings is 1. The first kappa shape index (κ1) is 15.2.